The van der Waals surface area contributed by atoms with Crippen LogP contribution in [0.2, 0.25) is 0 Å². The third kappa shape index (κ3) is 3.19. The Hall–Kier alpha value is 0.310. The molecule has 0 amide bonds. The van der Waals surface area contributed by atoms with E-state index in [1.807, 2.05) is 0 Å². The van der Waals surface area contributed by atoms with Gasteiger partial charge in [-0.15, -0.1) is 0 Å². The molecule has 4 bridgehead atoms. The monoisotopic (exact) mass is 384 g/mol. The molecule has 4 aliphatic heterocycles. The fourth-order valence-electron chi connectivity index (χ4n) is 6.45. The van der Waals surface area contributed by atoms with Crippen LogP contribution >= 0.6 is 7.92 Å². The third-order valence-electron chi connectivity index (χ3n) is 6.29. The van der Waals surface area contributed by atoms with Crippen molar-refractivity contribution >= 4 is 7.92 Å². The molecule has 0 aromatic heterocycles. The SMILES string of the molecule is CCCC12CC3(CCC)CC(CCC)(O1)OC(CCC)(O2)P3C(C)(C)C. The van der Waals surface area contributed by atoms with Crippen LogP contribution in [0.4, 0.5) is 0 Å². The molecule has 4 heterocycles. The second kappa shape index (κ2) is 6.97. The Morgan fingerprint density at radius 2 is 1.15 bits per heavy atom. The third-order valence-corrected chi connectivity index (χ3v) is 10.2. The van der Waals surface area contributed by atoms with Crippen molar-refractivity contribution in [3.05, 3.63) is 0 Å². The van der Waals surface area contributed by atoms with Crippen molar-refractivity contribution in [1.29, 1.82) is 0 Å². The van der Waals surface area contributed by atoms with Crippen molar-refractivity contribution in [1.82, 2.24) is 0 Å². The Morgan fingerprint density at radius 1 is 0.692 bits per heavy atom. The van der Waals surface area contributed by atoms with Crippen molar-refractivity contribution in [3.63, 3.8) is 0 Å². The van der Waals surface area contributed by atoms with Crippen molar-refractivity contribution in [2.75, 3.05) is 0 Å². The van der Waals surface area contributed by atoms with Gasteiger partial charge in [-0.1, -0.05) is 74.1 Å². The molecule has 0 spiro atoms. The Kier molecular flexibility index (Phi) is 5.64. The Balaban J connectivity index is 2.17. The molecule has 3 unspecified atom stereocenters. The van der Waals surface area contributed by atoms with Gasteiger partial charge in [0.2, 0.25) is 0 Å². The molecule has 4 fully saturated rings. The van der Waals surface area contributed by atoms with Gasteiger partial charge in [0.15, 0.2) is 17.1 Å². The van der Waals surface area contributed by atoms with Crippen LogP contribution in [0.15, 0.2) is 0 Å². The van der Waals surface area contributed by atoms with E-state index in [1.54, 1.807) is 0 Å². The van der Waals surface area contributed by atoms with Crippen LogP contribution in [-0.4, -0.2) is 27.4 Å². The number of rotatable bonds is 8. The molecule has 0 N–H and O–H groups in total. The average molecular weight is 385 g/mol. The summed E-state index contributed by atoms with van der Waals surface area (Å²) in [4.78, 5) is 0. The highest BCUT2D eigenvalue weighted by Gasteiger charge is 2.76. The van der Waals surface area contributed by atoms with Crippen LogP contribution in [-0.2, 0) is 14.2 Å². The first kappa shape index (κ1) is 21.0. The lowest BCUT2D eigenvalue weighted by Crippen LogP contribution is -2.75. The van der Waals surface area contributed by atoms with E-state index in [0.717, 1.165) is 51.4 Å². The van der Waals surface area contributed by atoms with Crippen LogP contribution in [0.3, 0.4) is 0 Å². The van der Waals surface area contributed by atoms with Gasteiger partial charge < -0.3 is 14.2 Å². The maximum absolute atomic E-state index is 6.95. The average Bonchev–Trinajstić information content (AvgIpc) is 2.43. The standard InChI is InChI=1S/C22H41O3P/c1-8-12-19-16-20(13-9-2)23-21(17-19,14-10-3)25-22(24-20,15-11-4)26(19)18(5,6)7/h8-17H2,1-7H3. The smallest absolute Gasteiger partial charge is 0.194 e. The van der Waals surface area contributed by atoms with Gasteiger partial charge in [-0.05, 0) is 19.5 Å². The number of hydrogen-bond acceptors (Lipinski definition) is 3. The van der Waals surface area contributed by atoms with Gasteiger partial charge in [-0.3, -0.25) is 0 Å². The van der Waals surface area contributed by atoms with Crippen LogP contribution in [0, 0.1) is 0 Å². The van der Waals surface area contributed by atoms with Gasteiger partial charge in [0, 0.05) is 37.3 Å². The molecule has 26 heavy (non-hydrogen) atoms. The van der Waals surface area contributed by atoms with Gasteiger partial charge >= 0.3 is 0 Å². The van der Waals surface area contributed by atoms with E-state index < -0.39 is 25.0 Å². The quantitative estimate of drug-likeness (QED) is 0.417. The highest BCUT2D eigenvalue weighted by molar-refractivity contribution is 7.62. The first-order valence-electron chi connectivity index (χ1n) is 11.1. The van der Waals surface area contributed by atoms with Gasteiger partial charge in [-0.2, -0.15) is 0 Å². The number of ether oxygens (including phenoxy) is 3. The maximum Gasteiger partial charge on any atom is 0.194 e. The summed E-state index contributed by atoms with van der Waals surface area (Å²) in [6, 6.07) is 0. The summed E-state index contributed by atoms with van der Waals surface area (Å²) in [7, 11) is -0.437. The van der Waals surface area contributed by atoms with Crippen molar-refractivity contribution in [2.24, 2.45) is 0 Å². The first-order valence-corrected chi connectivity index (χ1v) is 12.4. The normalized spacial score (nSPS) is 44.7. The van der Waals surface area contributed by atoms with E-state index in [4.69, 9.17) is 14.2 Å². The number of hydrogen-bond donors (Lipinski definition) is 0. The van der Waals surface area contributed by atoms with Gasteiger partial charge in [0.05, 0.1) is 0 Å². The molecule has 3 atom stereocenters. The van der Waals surface area contributed by atoms with Gasteiger partial charge in [-0.25, -0.2) is 0 Å². The molecule has 152 valence electrons. The van der Waals surface area contributed by atoms with E-state index in [0.29, 0.717) is 5.16 Å². The van der Waals surface area contributed by atoms with Crippen LogP contribution < -0.4 is 0 Å². The predicted molar refractivity (Wildman–Crippen MR) is 110 cm³/mol. The minimum atomic E-state index is -0.437. The summed E-state index contributed by atoms with van der Waals surface area (Å²) in [6.45, 7) is 16.4. The lowest BCUT2D eigenvalue weighted by atomic mass is 9.79. The molecule has 4 rings (SSSR count). The van der Waals surface area contributed by atoms with E-state index in [1.165, 1.54) is 12.8 Å². The zero-order valence-corrected chi connectivity index (χ0v) is 19.1. The summed E-state index contributed by atoms with van der Waals surface area (Å²) >= 11 is 0. The highest BCUT2D eigenvalue weighted by atomic mass is 31.1. The minimum Gasteiger partial charge on any atom is -0.318 e. The van der Waals surface area contributed by atoms with Crippen molar-refractivity contribution in [3.8, 4) is 0 Å². The highest BCUT2D eigenvalue weighted by Crippen LogP contribution is 2.83. The Labute approximate surface area is 162 Å². The van der Waals surface area contributed by atoms with Crippen molar-refractivity contribution < 1.29 is 14.2 Å². The van der Waals surface area contributed by atoms with Crippen LogP contribution in [0.1, 0.15) is 113 Å². The second-order valence-corrected chi connectivity index (χ2v) is 13.6. The van der Waals surface area contributed by atoms with E-state index in [-0.39, 0.29) is 5.16 Å². The molecule has 0 aliphatic carbocycles. The molecule has 4 aliphatic rings. The molecule has 0 radical (unpaired) electrons. The molecule has 3 nitrogen and oxygen atoms in total. The van der Waals surface area contributed by atoms with E-state index in [2.05, 4.69) is 48.5 Å². The maximum atomic E-state index is 6.95. The molecular formula is C22H41O3P. The molecular weight excluding hydrogens is 343 g/mol. The van der Waals surface area contributed by atoms with E-state index >= 15 is 0 Å². The topological polar surface area (TPSA) is 27.7 Å². The zero-order chi connectivity index (χ0) is 19.3. The summed E-state index contributed by atoms with van der Waals surface area (Å²) in [5, 5.41) is 0.546. The van der Waals surface area contributed by atoms with Crippen LogP contribution in [0.5, 0.6) is 0 Å². The van der Waals surface area contributed by atoms with Gasteiger partial charge in [0.1, 0.15) is 0 Å². The summed E-state index contributed by atoms with van der Waals surface area (Å²) in [6.07, 6.45) is 11.0. The predicted octanol–water partition coefficient (Wildman–Crippen LogP) is 7.12. The van der Waals surface area contributed by atoms with Crippen molar-refractivity contribution in [2.45, 2.75) is 140 Å². The minimum absolute atomic E-state index is 0.216. The lowest BCUT2D eigenvalue weighted by molar-refractivity contribution is -0.517. The molecule has 0 aromatic rings. The molecule has 0 aromatic carbocycles. The second-order valence-electron chi connectivity index (χ2n) is 9.92. The largest absolute Gasteiger partial charge is 0.318 e. The fourth-order valence-corrected chi connectivity index (χ4v) is 11.8. The zero-order valence-electron chi connectivity index (χ0n) is 18.2. The fraction of sp³-hybridized carbons (Fsp3) is 1.00. The molecule has 4 heteroatoms. The molecule has 0 saturated carbocycles. The van der Waals surface area contributed by atoms with E-state index in [9.17, 15) is 0 Å². The van der Waals surface area contributed by atoms with Crippen LogP contribution in [0.25, 0.3) is 0 Å². The molecule has 4 saturated heterocycles. The Morgan fingerprint density at radius 3 is 1.54 bits per heavy atom. The summed E-state index contributed by atoms with van der Waals surface area (Å²) in [5.41, 5.74) is -0.420. The lowest BCUT2D eigenvalue weighted by Gasteiger charge is -2.74. The Bertz CT molecular complexity index is 460. The summed E-state index contributed by atoms with van der Waals surface area (Å²) < 4.78 is 20.6. The van der Waals surface area contributed by atoms with Gasteiger partial charge in [0.25, 0.3) is 0 Å². The first-order chi connectivity index (χ1) is 12.1. The summed E-state index contributed by atoms with van der Waals surface area (Å²) in [5.74, 6) is -0.844.